The third kappa shape index (κ3) is 11.6. The van der Waals surface area contributed by atoms with Crippen LogP contribution in [0.4, 0.5) is 0 Å². The van der Waals surface area contributed by atoms with E-state index >= 15 is 0 Å². The number of hydrogen-bond acceptors (Lipinski definition) is 23. The Hall–Kier alpha value is -2.15. The van der Waals surface area contributed by atoms with Crippen LogP contribution in [0.25, 0.3) is 0 Å². The Morgan fingerprint density at radius 2 is 1.23 bits per heavy atom. The SMILES string of the molecule is CO[C@H]1C[C@H](O[C@@H]2CC3=CC[C@H]4C(=O)[C@@H](c5ccoc5C)CC[C@@H]4[C@@]3(C)C[C@H]2O)O[C@H](C)[C@H]1O[C@H]1C[C@H](O)[C@H](O[C@H]2C[C@@H](OC)[C@@H](O[C@@H]3O[C@H](CO[C@@H]4O[C@H](CO)[C@@H](O)[C@H](O)[C@H]4O)[C@@H](O)[C@H](O)[C@H]3O)[C@H](C)O2)[C@@H](C)O1. The third-order valence-corrected chi connectivity index (χ3v) is 17.6. The molecule has 75 heavy (non-hydrogen) atoms. The van der Waals surface area contributed by atoms with E-state index in [2.05, 4.69) is 13.0 Å². The van der Waals surface area contributed by atoms with E-state index < -0.39 is 161 Å². The summed E-state index contributed by atoms with van der Waals surface area (Å²) in [7, 11) is 3.03. The molecule has 5 saturated heterocycles. The van der Waals surface area contributed by atoms with E-state index in [1.165, 1.54) is 12.7 Å². The molecule has 7 fully saturated rings. The van der Waals surface area contributed by atoms with Crippen LogP contribution in [0.5, 0.6) is 0 Å². The molecule has 5 aliphatic heterocycles. The predicted octanol–water partition coefficient (Wildman–Crippen LogP) is -0.281. The smallest absolute Gasteiger partial charge is 0.187 e. The van der Waals surface area contributed by atoms with Crippen molar-refractivity contribution in [2.45, 2.75) is 239 Å². The van der Waals surface area contributed by atoms with Crippen molar-refractivity contribution in [1.82, 2.24) is 0 Å². The van der Waals surface area contributed by atoms with Crippen molar-refractivity contribution in [3.05, 3.63) is 35.3 Å². The number of aryl methyl sites for hydroxylation is 1. The topological polar surface area (TPSA) is 323 Å². The second kappa shape index (κ2) is 23.9. The van der Waals surface area contributed by atoms with Gasteiger partial charge in [-0.15, -0.1) is 0 Å². The highest BCUT2D eigenvalue weighted by atomic mass is 16.8. The summed E-state index contributed by atoms with van der Waals surface area (Å²) >= 11 is 0. The molecule has 3 aliphatic carbocycles. The van der Waals surface area contributed by atoms with E-state index in [4.69, 9.17) is 61.3 Å². The van der Waals surface area contributed by atoms with Gasteiger partial charge in [-0.1, -0.05) is 18.6 Å². The van der Waals surface area contributed by atoms with Crippen molar-refractivity contribution in [3.63, 3.8) is 0 Å². The zero-order valence-corrected chi connectivity index (χ0v) is 43.6. The van der Waals surface area contributed by atoms with Gasteiger partial charge >= 0.3 is 0 Å². The van der Waals surface area contributed by atoms with Crippen molar-refractivity contribution in [2.75, 3.05) is 27.4 Å². The van der Waals surface area contributed by atoms with Gasteiger partial charge in [-0.05, 0) is 77.2 Å². The molecule has 8 aliphatic rings. The van der Waals surface area contributed by atoms with Crippen LogP contribution >= 0.6 is 0 Å². The zero-order chi connectivity index (χ0) is 53.8. The van der Waals surface area contributed by atoms with E-state index in [1.54, 1.807) is 27.2 Å². The number of methoxy groups -OCH3 is 2. The van der Waals surface area contributed by atoms with Gasteiger partial charge in [-0.3, -0.25) is 4.79 Å². The normalized spacial score (nSPS) is 49.7. The maximum absolute atomic E-state index is 13.9. The minimum atomic E-state index is -1.77. The van der Waals surface area contributed by atoms with Gasteiger partial charge in [-0.2, -0.15) is 0 Å². The molecule has 1 aromatic rings. The molecule has 1 aromatic heterocycles. The van der Waals surface area contributed by atoms with Gasteiger partial charge in [-0.25, -0.2) is 0 Å². The Morgan fingerprint density at radius 3 is 1.84 bits per heavy atom. The number of hydrogen-bond donors (Lipinski definition) is 9. The molecule has 23 nitrogen and oxygen atoms in total. The van der Waals surface area contributed by atoms with Crippen LogP contribution < -0.4 is 0 Å². The van der Waals surface area contributed by atoms with Crippen LogP contribution in [-0.4, -0.2) is 227 Å². The average molecular weight is 1070 g/mol. The molecule has 28 atom stereocenters. The number of Topliss-reactive ketones (excluding diaryl/α,β-unsaturated/α-hetero) is 1. The molecule has 0 bridgehead atoms. The minimum absolute atomic E-state index is 0.0435. The second-order valence-corrected chi connectivity index (χ2v) is 22.2. The van der Waals surface area contributed by atoms with Crippen molar-refractivity contribution >= 4 is 5.78 Å². The Bertz CT molecular complexity index is 2060. The fraction of sp³-hybridized carbons (Fsp3) is 0.865. The quantitative estimate of drug-likeness (QED) is 0.102. The van der Waals surface area contributed by atoms with Crippen LogP contribution in [0.3, 0.4) is 0 Å². The lowest BCUT2D eigenvalue weighted by Gasteiger charge is -2.54. The number of furan rings is 1. The Kier molecular flexibility index (Phi) is 18.3. The summed E-state index contributed by atoms with van der Waals surface area (Å²) in [6.45, 7) is 8.17. The molecule has 0 amide bonds. The number of allylic oxidation sites excluding steroid dienone is 1. The molecule has 0 aromatic carbocycles. The van der Waals surface area contributed by atoms with E-state index in [1.807, 2.05) is 19.9 Å². The lowest BCUT2D eigenvalue weighted by molar-refractivity contribution is -0.361. The summed E-state index contributed by atoms with van der Waals surface area (Å²) in [5.41, 5.74) is 1.87. The summed E-state index contributed by atoms with van der Waals surface area (Å²) < 4.78 is 78.5. The van der Waals surface area contributed by atoms with E-state index in [-0.39, 0.29) is 41.8 Å². The molecule has 0 radical (unpaired) electrons. The van der Waals surface area contributed by atoms with Crippen LogP contribution in [0.2, 0.25) is 0 Å². The highest BCUT2D eigenvalue weighted by molar-refractivity contribution is 5.89. The van der Waals surface area contributed by atoms with Crippen LogP contribution in [0.1, 0.15) is 96.3 Å². The molecular weight excluding hydrogens is 993 g/mol. The van der Waals surface area contributed by atoms with E-state index in [9.17, 15) is 50.8 Å². The largest absolute Gasteiger partial charge is 0.469 e. The molecule has 9 N–H and O–H groups in total. The number of carbonyl (C=O) groups excluding carboxylic acids is 1. The fourth-order valence-corrected chi connectivity index (χ4v) is 13.2. The summed E-state index contributed by atoms with van der Waals surface area (Å²) in [4.78, 5) is 13.9. The number of aliphatic hydroxyl groups excluding tert-OH is 9. The number of carbonyl (C=O) groups is 1. The van der Waals surface area contributed by atoms with Gasteiger partial charge in [0.2, 0.25) is 0 Å². The fourth-order valence-electron chi connectivity index (χ4n) is 13.2. The molecule has 23 heteroatoms. The van der Waals surface area contributed by atoms with Crippen molar-refractivity contribution < 1.29 is 112 Å². The van der Waals surface area contributed by atoms with Crippen molar-refractivity contribution in [3.8, 4) is 0 Å². The van der Waals surface area contributed by atoms with Gasteiger partial charge in [0.15, 0.2) is 31.5 Å². The second-order valence-electron chi connectivity index (χ2n) is 22.2. The standard InChI is InChI=1S/C52H80O23/c1-21-26(12-13-65-21)27-10-11-29-28(40(27)56)9-8-25-14-32(31(55)18-52(25,29)5)70-38-16-33(63-6)48(23(3)68-38)74-37-15-30(54)47(22(2)67-37)73-39-17-34(64-7)49(24(4)69-39)75-51-46(62)44(60)42(58)36(72-51)20-66-50-45(61)43(59)41(57)35(19-53)71-50/h8,12-13,22-24,27-39,41-51,53-55,57-62H,9-11,14-20H2,1-7H3/t22-,23-,24+,27-,28-,29+,30+,31-,32-,33+,34-,35-,36-,37+,38+,39+,41-,42-,43+,44+,45-,46-,47-,48-,49+,50-,51+,52+/m1/s1. The van der Waals surface area contributed by atoms with Gasteiger partial charge in [0.1, 0.15) is 78.7 Å². The lowest BCUT2D eigenvalue weighted by Crippen LogP contribution is -2.63. The van der Waals surface area contributed by atoms with Crippen LogP contribution in [-0.2, 0) is 61.6 Å². The summed E-state index contributed by atoms with van der Waals surface area (Å²) in [6, 6.07) is 1.92. The summed E-state index contributed by atoms with van der Waals surface area (Å²) in [6.07, 6.45) is -18.6. The lowest BCUT2D eigenvalue weighted by atomic mass is 9.51. The molecule has 0 spiro atoms. The summed E-state index contributed by atoms with van der Waals surface area (Å²) in [5.74, 6) is 0.921. The number of rotatable bonds is 15. The molecule has 9 rings (SSSR count). The van der Waals surface area contributed by atoms with Gasteiger partial charge in [0, 0.05) is 50.9 Å². The minimum Gasteiger partial charge on any atom is -0.469 e. The third-order valence-electron chi connectivity index (χ3n) is 17.6. The summed E-state index contributed by atoms with van der Waals surface area (Å²) in [5, 5.41) is 95.8. The number of ketones is 1. The van der Waals surface area contributed by atoms with Crippen LogP contribution in [0.15, 0.2) is 28.4 Å². The highest BCUT2D eigenvalue weighted by Crippen LogP contribution is 2.58. The van der Waals surface area contributed by atoms with Crippen molar-refractivity contribution in [2.24, 2.45) is 17.3 Å². The number of ether oxygens (including phenoxy) is 12. The van der Waals surface area contributed by atoms with Gasteiger partial charge in [0.25, 0.3) is 0 Å². The molecular formula is C52H80O23. The predicted molar refractivity (Wildman–Crippen MR) is 254 cm³/mol. The van der Waals surface area contributed by atoms with E-state index in [0.29, 0.717) is 25.7 Å². The van der Waals surface area contributed by atoms with Crippen molar-refractivity contribution in [1.29, 1.82) is 0 Å². The molecule has 0 unspecified atom stereocenters. The van der Waals surface area contributed by atoms with Crippen LogP contribution in [0, 0.1) is 24.2 Å². The maximum atomic E-state index is 13.9. The molecule has 6 heterocycles. The Labute approximate surface area is 436 Å². The first kappa shape index (κ1) is 57.5. The maximum Gasteiger partial charge on any atom is 0.187 e. The highest BCUT2D eigenvalue weighted by Gasteiger charge is 2.56. The number of fused-ring (bicyclic) bond motifs is 3. The van der Waals surface area contributed by atoms with Gasteiger partial charge < -0.3 is 107 Å². The Balaban J connectivity index is 0.745. The first-order valence-electron chi connectivity index (χ1n) is 26.6. The monoisotopic (exact) mass is 1070 g/mol. The molecule has 426 valence electrons. The molecule has 2 saturated carbocycles. The van der Waals surface area contributed by atoms with Gasteiger partial charge in [0.05, 0.1) is 68.3 Å². The average Bonchev–Trinajstić information content (AvgIpc) is 3.81. The first-order chi connectivity index (χ1) is 35.7. The number of aliphatic hydroxyl groups is 9. The van der Waals surface area contributed by atoms with E-state index in [0.717, 1.165) is 24.2 Å². The zero-order valence-electron chi connectivity index (χ0n) is 43.6. The first-order valence-corrected chi connectivity index (χ1v) is 26.6. The Morgan fingerprint density at radius 1 is 0.653 bits per heavy atom.